The highest BCUT2D eigenvalue weighted by atomic mass is 32.2. The Hall–Kier alpha value is -4.53. The Balaban J connectivity index is 1.77. The summed E-state index contributed by atoms with van der Waals surface area (Å²) in [6, 6.07) is 4.62. The molecule has 4 rings (SSSR count). The summed E-state index contributed by atoms with van der Waals surface area (Å²) in [6.45, 7) is -2.82. The summed E-state index contributed by atoms with van der Waals surface area (Å²) in [6.07, 6.45) is 3.32. The largest absolute Gasteiger partial charge is 0.494 e. The molecule has 2 aromatic heterocycles. The molecule has 0 bridgehead atoms. The van der Waals surface area contributed by atoms with Gasteiger partial charge in [0, 0.05) is 47.9 Å². The van der Waals surface area contributed by atoms with Crippen LogP contribution in [0.25, 0.3) is 11.3 Å². The molecule has 0 unspecified atom stereocenters. The van der Waals surface area contributed by atoms with Gasteiger partial charge in [-0.2, -0.15) is 5.10 Å². The zero-order valence-corrected chi connectivity index (χ0v) is 21.8. The number of benzene rings is 1. The van der Waals surface area contributed by atoms with Crippen molar-refractivity contribution < 1.29 is 36.0 Å². The smallest absolute Gasteiger partial charge is 0.282 e. The summed E-state index contributed by atoms with van der Waals surface area (Å²) < 4.78 is 68.5. The molecule has 0 saturated heterocycles. The Bertz CT molecular complexity index is 1690. The fourth-order valence-corrected chi connectivity index (χ4v) is 4.16. The first kappa shape index (κ1) is 23.6. The third-order valence-electron chi connectivity index (χ3n) is 5.66. The second kappa shape index (κ2) is 10.7. The Morgan fingerprint density at radius 3 is 2.54 bits per heavy atom. The van der Waals surface area contributed by atoms with Gasteiger partial charge in [0.2, 0.25) is 15.9 Å². The van der Waals surface area contributed by atoms with Gasteiger partial charge in [0.15, 0.2) is 5.75 Å². The molecule has 0 spiro atoms. The summed E-state index contributed by atoms with van der Waals surface area (Å²) in [5, 5.41) is 11.5. The van der Waals surface area contributed by atoms with Crippen LogP contribution in [0.4, 0.5) is 21.6 Å². The SMILES string of the molecule is [2H]C([2H])([2H])NC(=O)c1cnc(NC(=O)C2CC2)cc1Nc1cc(F)cc(-c2cc(C(=O)NS(C)(=O)=O)n(C)n2)c1OC. The number of methoxy groups -OCH3 is 1. The molecule has 0 aliphatic heterocycles. The van der Waals surface area contributed by atoms with Gasteiger partial charge >= 0.3 is 0 Å². The topological polar surface area (TPSA) is 173 Å². The van der Waals surface area contributed by atoms with Crippen LogP contribution in [0.5, 0.6) is 5.75 Å². The second-order valence-electron chi connectivity index (χ2n) is 8.73. The number of carbonyl (C=O) groups is 3. The number of aromatic nitrogens is 3. The van der Waals surface area contributed by atoms with E-state index in [4.69, 9.17) is 8.85 Å². The van der Waals surface area contributed by atoms with Crippen molar-refractivity contribution in [1.29, 1.82) is 0 Å². The summed E-state index contributed by atoms with van der Waals surface area (Å²) >= 11 is 0. The molecule has 3 amide bonds. The molecule has 0 atom stereocenters. The predicted molar refractivity (Wildman–Crippen MR) is 140 cm³/mol. The van der Waals surface area contributed by atoms with Gasteiger partial charge in [0.25, 0.3) is 11.8 Å². The van der Waals surface area contributed by atoms with Crippen LogP contribution in [0.15, 0.2) is 30.5 Å². The number of sulfonamides is 1. The summed E-state index contributed by atoms with van der Waals surface area (Å²) in [4.78, 5) is 41.6. The van der Waals surface area contributed by atoms with Crippen LogP contribution in [0.2, 0.25) is 0 Å². The minimum absolute atomic E-state index is 0.00660. The second-order valence-corrected chi connectivity index (χ2v) is 10.5. The number of nitrogens with zero attached hydrogens (tertiary/aromatic N) is 3. The number of halogens is 1. The third-order valence-corrected chi connectivity index (χ3v) is 6.21. The number of rotatable bonds is 9. The van der Waals surface area contributed by atoms with E-state index in [1.54, 1.807) is 0 Å². The Kier molecular flexibility index (Phi) is 6.46. The average molecular weight is 563 g/mol. The maximum Gasteiger partial charge on any atom is 0.282 e. The van der Waals surface area contributed by atoms with Gasteiger partial charge < -0.3 is 20.7 Å². The van der Waals surface area contributed by atoms with E-state index in [9.17, 15) is 27.2 Å². The Morgan fingerprint density at radius 2 is 1.90 bits per heavy atom. The van der Waals surface area contributed by atoms with Crippen molar-refractivity contribution in [2.45, 2.75) is 12.8 Å². The number of anilines is 3. The maximum absolute atomic E-state index is 14.9. The zero-order chi connectivity index (χ0) is 31.0. The lowest BCUT2D eigenvalue weighted by Crippen LogP contribution is -2.30. The molecule has 13 nitrogen and oxygen atoms in total. The van der Waals surface area contributed by atoms with E-state index in [1.165, 1.54) is 26.3 Å². The normalized spacial score (nSPS) is 14.4. The van der Waals surface area contributed by atoms with Crippen molar-refractivity contribution in [3.05, 3.63) is 47.5 Å². The number of aryl methyl sites for hydroxylation is 1. The molecular weight excluding hydrogens is 533 g/mol. The van der Waals surface area contributed by atoms with E-state index in [0.717, 1.165) is 42.1 Å². The Labute approximate surface area is 227 Å². The quantitative estimate of drug-likeness (QED) is 0.303. The molecule has 3 aromatic rings. The standard InChI is InChI=1S/C24H26FN7O6S/c1-26-23(34)15-11-27-20(29-22(33)12-5-6-12)10-16(15)28-18-8-13(25)7-14(21(18)38-3)17-9-19(32(2)30-17)24(35)31-39(4,36)37/h7-12H,5-6H2,1-4H3,(H,26,34)(H,31,35)(H2,27,28,29,33)/i1D3. The van der Waals surface area contributed by atoms with Gasteiger partial charge in [-0.3, -0.25) is 19.1 Å². The van der Waals surface area contributed by atoms with E-state index >= 15 is 0 Å². The molecule has 1 aliphatic rings. The molecule has 206 valence electrons. The van der Waals surface area contributed by atoms with E-state index < -0.39 is 34.6 Å². The first-order valence-electron chi connectivity index (χ1n) is 12.9. The van der Waals surface area contributed by atoms with Crippen LogP contribution in [-0.2, 0) is 21.9 Å². The van der Waals surface area contributed by atoms with Crippen LogP contribution in [0, 0.1) is 11.7 Å². The number of ether oxygens (including phenoxy) is 1. The van der Waals surface area contributed by atoms with Crippen LogP contribution < -0.4 is 25.4 Å². The minimum atomic E-state index is -3.87. The maximum atomic E-state index is 14.9. The number of hydrogen-bond acceptors (Lipinski definition) is 9. The van der Waals surface area contributed by atoms with Crippen molar-refractivity contribution in [3.8, 4) is 17.0 Å². The summed E-state index contributed by atoms with van der Waals surface area (Å²) in [7, 11) is -1.21. The molecule has 39 heavy (non-hydrogen) atoms. The highest BCUT2D eigenvalue weighted by molar-refractivity contribution is 7.89. The van der Waals surface area contributed by atoms with Crippen molar-refractivity contribution in [1.82, 2.24) is 24.8 Å². The van der Waals surface area contributed by atoms with Crippen molar-refractivity contribution in [2.24, 2.45) is 13.0 Å². The van der Waals surface area contributed by atoms with Gasteiger partial charge in [-0.05, 0) is 25.0 Å². The molecular formula is C24H26FN7O6S. The molecule has 0 radical (unpaired) electrons. The molecule has 1 fully saturated rings. The van der Waals surface area contributed by atoms with E-state index in [1.807, 2.05) is 10.0 Å². The fraction of sp³-hybridized carbons (Fsp3) is 0.292. The lowest BCUT2D eigenvalue weighted by Gasteiger charge is -2.17. The Morgan fingerprint density at radius 1 is 1.15 bits per heavy atom. The molecule has 2 heterocycles. The summed E-state index contributed by atoms with van der Waals surface area (Å²) in [5.41, 5.74) is -0.358. The van der Waals surface area contributed by atoms with Gasteiger partial charge in [0.05, 0.1) is 36.0 Å². The van der Waals surface area contributed by atoms with Gasteiger partial charge in [0.1, 0.15) is 17.3 Å². The first-order valence-corrected chi connectivity index (χ1v) is 13.3. The highest BCUT2D eigenvalue weighted by Crippen LogP contribution is 2.39. The summed E-state index contributed by atoms with van der Waals surface area (Å²) in [5.74, 6) is -3.14. The van der Waals surface area contributed by atoms with Gasteiger partial charge in [-0.25, -0.2) is 22.5 Å². The predicted octanol–water partition coefficient (Wildman–Crippen LogP) is 1.77. The third kappa shape index (κ3) is 6.31. The average Bonchev–Trinajstić information content (AvgIpc) is 3.63. The van der Waals surface area contributed by atoms with E-state index in [2.05, 4.69) is 20.7 Å². The van der Waals surface area contributed by atoms with Crippen molar-refractivity contribution in [3.63, 3.8) is 0 Å². The number of hydrogen-bond donors (Lipinski definition) is 4. The number of pyridine rings is 1. The van der Waals surface area contributed by atoms with Crippen LogP contribution in [-0.4, -0.2) is 61.2 Å². The lowest BCUT2D eigenvalue weighted by molar-refractivity contribution is -0.117. The van der Waals surface area contributed by atoms with E-state index in [0.29, 0.717) is 0 Å². The van der Waals surface area contributed by atoms with Crippen LogP contribution in [0.1, 0.15) is 37.8 Å². The van der Waals surface area contributed by atoms with E-state index in [-0.39, 0.29) is 57.3 Å². The molecule has 4 N–H and O–H groups in total. The minimum Gasteiger partial charge on any atom is -0.494 e. The van der Waals surface area contributed by atoms with Gasteiger partial charge in [-0.1, -0.05) is 0 Å². The first-order chi connectivity index (χ1) is 19.5. The van der Waals surface area contributed by atoms with Gasteiger partial charge in [-0.15, -0.1) is 0 Å². The highest BCUT2D eigenvalue weighted by Gasteiger charge is 2.30. The van der Waals surface area contributed by atoms with Crippen molar-refractivity contribution >= 4 is 44.9 Å². The van der Waals surface area contributed by atoms with Crippen molar-refractivity contribution in [2.75, 3.05) is 31.0 Å². The zero-order valence-electron chi connectivity index (χ0n) is 24.0. The van der Waals surface area contributed by atoms with Crippen LogP contribution in [0.3, 0.4) is 0 Å². The fourth-order valence-electron chi connectivity index (χ4n) is 3.72. The number of carbonyl (C=O) groups excluding carboxylic acids is 3. The number of amides is 3. The lowest BCUT2D eigenvalue weighted by atomic mass is 10.1. The molecule has 1 aromatic carbocycles. The molecule has 1 saturated carbocycles. The molecule has 1 aliphatic carbocycles. The number of nitrogens with one attached hydrogen (secondary N) is 4. The van der Waals surface area contributed by atoms with Crippen LogP contribution >= 0.6 is 0 Å². The monoisotopic (exact) mass is 562 g/mol. The molecule has 15 heteroatoms.